The highest BCUT2D eigenvalue weighted by molar-refractivity contribution is 5.84. The van der Waals surface area contributed by atoms with Crippen molar-refractivity contribution in [2.45, 2.75) is 64.0 Å². The molecule has 3 amide bonds. The van der Waals surface area contributed by atoms with Gasteiger partial charge in [0.1, 0.15) is 0 Å². The molecule has 2 rings (SSSR count). The number of hydrogen-bond acceptors (Lipinski definition) is 3. The van der Waals surface area contributed by atoms with Crippen LogP contribution >= 0.6 is 0 Å². The third-order valence-electron chi connectivity index (χ3n) is 4.98. The average Bonchev–Trinajstić information content (AvgIpc) is 2.53. The van der Waals surface area contributed by atoms with Crippen molar-refractivity contribution in [3.63, 3.8) is 0 Å². The van der Waals surface area contributed by atoms with Crippen molar-refractivity contribution in [3.8, 4) is 0 Å². The highest BCUT2D eigenvalue weighted by atomic mass is 16.2. The van der Waals surface area contributed by atoms with Gasteiger partial charge in [-0.15, -0.1) is 0 Å². The summed E-state index contributed by atoms with van der Waals surface area (Å²) in [5, 5.41) is 5.66. The second kappa shape index (κ2) is 8.36. The fourth-order valence-electron chi connectivity index (χ4n) is 3.43. The summed E-state index contributed by atoms with van der Waals surface area (Å²) in [4.78, 5) is 25.8. The number of nitrogens with one attached hydrogen (secondary N) is 2. The van der Waals surface area contributed by atoms with Gasteiger partial charge in [-0.05, 0) is 38.5 Å². The monoisotopic (exact) mass is 310 g/mol. The highest BCUT2D eigenvalue weighted by Crippen LogP contribution is 2.19. The number of nitrogens with two attached hydrogens (primary N) is 1. The van der Waals surface area contributed by atoms with Crippen LogP contribution in [0.2, 0.25) is 0 Å². The van der Waals surface area contributed by atoms with Crippen LogP contribution < -0.4 is 16.4 Å². The van der Waals surface area contributed by atoms with E-state index >= 15 is 0 Å². The summed E-state index contributed by atoms with van der Waals surface area (Å²) < 4.78 is 0. The molecule has 1 saturated heterocycles. The molecule has 1 saturated carbocycles. The van der Waals surface area contributed by atoms with Gasteiger partial charge in [-0.25, -0.2) is 4.79 Å². The minimum absolute atomic E-state index is 0.00178. The first kappa shape index (κ1) is 17.1. The highest BCUT2D eigenvalue weighted by Gasteiger charge is 2.25. The van der Waals surface area contributed by atoms with Gasteiger partial charge in [0.15, 0.2) is 0 Å². The van der Waals surface area contributed by atoms with Gasteiger partial charge in [0.05, 0.1) is 6.54 Å². The molecule has 2 aliphatic rings. The summed E-state index contributed by atoms with van der Waals surface area (Å²) in [6.07, 6.45) is 7.63. The number of carbonyl (C=O) groups excluding carboxylic acids is 2. The molecule has 0 aromatic heterocycles. The number of piperidine rings is 1. The molecular weight excluding hydrogens is 280 g/mol. The molecule has 1 aliphatic carbocycles. The summed E-state index contributed by atoms with van der Waals surface area (Å²) in [5.41, 5.74) is 5.91. The summed E-state index contributed by atoms with van der Waals surface area (Å²) >= 11 is 0. The first-order valence-corrected chi connectivity index (χ1v) is 8.64. The lowest BCUT2D eigenvalue weighted by molar-refractivity contribution is -0.131. The minimum Gasteiger partial charge on any atom is -0.341 e. The molecule has 1 unspecified atom stereocenters. The van der Waals surface area contributed by atoms with Crippen molar-refractivity contribution in [2.24, 2.45) is 11.7 Å². The molecule has 0 aromatic rings. The predicted octanol–water partition coefficient (Wildman–Crippen LogP) is 1.20. The first-order chi connectivity index (χ1) is 10.6. The van der Waals surface area contributed by atoms with Crippen LogP contribution in [0, 0.1) is 5.92 Å². The quantitative estimate of drug-likeness (QED) is 0.729. The Hall–Kier alpha value is -1.30. The smallest absolute Gasteiger partial charge is 0.315 e. The maximum Gasteiger partial charge on any atom is 0.315 e. The van der Waals surface area contributed by atoms with Crippen molar-refractivity contribution in [1.82, 2.24) is 15.5 Å². The van der Waals surface area contributed by atoms with E-state index in [2.05, 4.69) is 10.6 Å². The van der Waals surface area contributed by atoms with E-state index in [1.54, 1.807) is 0 Å². The third kappa shape index (κ3) is 5.16. The Bertz CT molecular complexity index is 372. The lowest BCUT2D eigenvalue weighted by atomic mass is 9.91. The van der Waals surface area contributed by atoms with E-state index in [0.29, 0.717) is 5.92 Å². The summed E-state index contributed by atoms with van der Waals surface area (Å²) in [7, 11) is 0. The fourth-order valence-corrected chi connectivity index (χ4v) is 3.43. The Kier molecular flexibility index (Phi) is 6.49. The number of amides is 3. The Morgan fingerprint density at radius 2 is 1.77 bits per heavy atom. The van der Waals surface area contributed by atoms with Crippen LogP contribution in [0.15, 0.2) is 0 Å². The molecule has 0 bridgehead atoms. The van der Waals surface area contributed by atoms with Crippen molar-refractivity contribution in [1.29, 1.82) is 0 Å². The van der Waals surface area contributed by atoms with Gasteiger partial charge in [-0.2, -0.15) is 0 Å². The number of rotatable bonds is 4. The standard InChI is InChI=1S/C16H30N4O2/c1-12(17)13-7-9-20(10-8-13)15(21)11-18-16(22)19-14-5-3-2-4-6-14/h12-14H,2-11,17H2,1H3,(H2,18,19,22). The molecule has 0 radical (unpaired) electrons. The zero-order chi connectivity index (χ0) is 15.9. The Morgan fingerprint density at radius 3 is 2.36 bits per heavy atom. The number of urea groups is 1. The summed E-state index contributed by atoms with van der Waals surface area (Å²) in [5.74, 6) is 0.508. The summed E-state index contributed by atoms with van der Waals surface area (Å²) in [6, 6.07) is 0.244. The van der Waals surface area contributed by atoms with Crippen LogP contribution in [0.5, 0.6) is 0 Å². The zero-order valence-electron chi connectivity index (χ0n) is 13.6. The molecule has 6 heteroatoms. The van der Waals surface area contributed by atoms with E-state index < -0.39 is 0 Å². The molecule has 1 heterocycles. The molecule has 4 N–H and O–H groups in total. The van der Waals surface area contributed by atoms with E-state index in [9.17, 15) is 9.59 Å². The molecule has 1 aliphatic heterocycles. The van der Waals surface area contributed by atoms with Crippen molar-refractivity contribution < 1.29 is 9.59 Å². The Labute approximate surface area is 133 Å². The van der Waals surface area contributed by atoms with Crippen molar-refractivity contribution in [2.75, 3.05) is 19.6 Å². The molecule has 0 spiro atoms. The fraction of sp³-hybridized carbons (Fsp3) is 0.875. The number of carbonyl (C=O) groups is 2. The van der Waals surface area contributed by atoms with Gasteiger partial charge in [0, 0.05) is 25.2 Å². The molecule has 6 nitrogen and oxygen atoms in total. The number of likely N-dealkylation sites (tertiary alicyclic amines) is 1. The van der Waals surface area contributed by atoms with Crippen LogP contribution in [0.1, 0.15) is 51.9 Å². The van der Waals surface area contributed by atoms with Gasteiger partial charge < -0.3 is 21.3 Å². The maximum absolute atomic E-state index is 12.1. The van der Waals surface area contributed by atoms with Crippen LogP contribution in [-0.4, -0.2) is 48.6 Å². The van der Waals surface area contributed by atoms with Crippen LogP contribution in [0.4, 0.5) is 4.79 Å². The molecule has 2 fully saturated rings. The number of hydrogen-bond donors (Lipinski definition) is 3. The van der Waals surface area contributed by atoms with Gasteiger partial charge in [0.25, 0.3) is 0 Å². The summed E-state index contributed by atoms with van der Waals surface area (Å²) in [6.45, 7) is 3.61. The third-order valence-corrected chi connectivity index (χ3v) is 4.98. The van der Waals surface area contributed by atoms with Crippen molar-refractivity contribution >= 4 is 11.9 Å². The minimum atomic E-state index is -0.217. The second-order valence-electron chi connectivity index (χ2n) is 6.74. The molecule has 1 atom stereocenters. The Balaban J connectivity index is 1.64. The topological polar surface area (TPSA) is 87.5 Å². The van der Waals surface area contributed by atoms with Gasteiger partial charge in [0.2, 0.25) is 5.91 Å². The van der Waals surface area contributed by atoms with E-state index in [1.807, 2.05) is 11.8 Å². The normalized spacial score (nSPS) is 22.2. The first-order valence-electron chi connectivity index (χ1n) is 8.64. The van der Waals surface area contributed by atoms with Gasteiger partial charge in [-0.1, -0.05) is 19.3 Å². The second-order valence-corrected chi connectivity index (χ2v) is 6.74. The van der Waals surface area contributed by atoms with Crippen LogP contribution in [-0.2, 0) is 4.79 Å². The van der Waals surface area contributed by atoms with Crippen molar-refractivity contribution in [3.05, 3.63) is 0 Å². The molecular formula is C16H30N4O2. The molecule has 126 valence electrons. The SMILES string of the molecule is CC(N)C1CCN(C(=O)CNC(=O)NC2CCCCC2)CC1. The maximum atomic E-state index is 12.1. The lowest BCUT2D eigenvalue weighted by Crippen LogP contribution is -2.49. The zero-order valence-corrected chi connectivity index (χ0v) is 13.6. The predicted molar refractivity (Wildman–Crippen MR) is 86.4 cm³/mol. The lowest BCUT2D eigenvalue weighted by Gasteiger charge is -2.33. The van der Waals surface area contributed by atoms with Crippen LogP contribution in [0.3, 0.4) is 0 Å². The van der Waals surface area contributed by atoms with E-state index in [-0.39, 0.29) is 30.6 Å². The van der Waals surface area contributed by atoms with E-state index in [1.165, 1.54) is 19.3 Å². The van der Waals surface area contributed by atoms with Gasteiger partial charge >= 0.3 is 6.03 Å². The Morgan fingerprint density at radius 1 is 1.14 bits per heavy atom. The largest absolute Gasteiger partial charge is 0.341 e. The average molecular weight is 310 g/mol. The van der Waals surface area contributed by atoms with Gasteiger partial charge in [-0.3, -0.25) is 4.79 Å². The number of nitrogens with zero attached hydrogens (tertiary/aromatic N) is 1. The van der Waals surface area contributed by atoms with E-state index in [4.69, 9.17) is 5.73 Å². The van der Waals surface area contributed by atoms with E-state index in [0.717, 1.165) is 38.8 Å². The molecule has 0 aromatic carbocycles. The van der Waals surface area contributed by atoms with Crippen LogP contribution in [0.25, 0.3) is 0 Å². The molecule has 22 heavy (non-hydrogen) atoms.